The molecule has 0 bridgehead atoms. The summed E-state index contributed by atoms with van der Waals surface area (Å²) in [7, 11) is -2.05. The van der Waals surface area contributed by atoms with Crippen LogP contribution in [0.3, 0.4) is 0 Å². The van der Waals surface area contributed by atoms with E-state index in [0.29, 0.717) is 23.7 Å². The predicted molar refractivity (Wildman–Crippen MR) is 105 cm³/mol. The minimum absolute atomic E-state index is 0.166. The Morgan fingerprint density at radius 1 is 0.963 bits per heavy atom. The average molecular weight is 394 g/mol. The molecule has 0 spiro atoms. The van der Waals surface area contributed by atoms with Crippen LogP contribution in [0.5, 0.6) is 17.2 Å². The Hall–Kier alpha value is -2.25. The number of methoxy groups -OCH3 is 1. The molecule has 1 N–H and O–H groups in total. The van der Waals surface area contributed by atoms with Gasteiger partial charge >= 0.3 is 0 Å². The summed E-state index contributed by atoms with van der Waals surface area (Å²) in [5, 5.41) is 0. The second-order valence-electron chi connectivity index (χ2n) is 6.13. The molecule has 0 aliphatic heterocycles. The summed E-state index contributed by atoms with van der Waals surface area (Å²) >= 11 is 0. The molecule has 7 heteroatoms. The molecule has 0 aliphatic rings. The number of rotatable bonds is 9. The van der Waals surface area contributed by atoms with Gasteiger partial charge in [-0.1, -0.05) is 0 Å². The summed E-state index contributed by atoms with van der Waals surface area (Å²) in [6, 6.07) is 8.85. The Balaban J connectivity index is 1.99. The van der Waals surface area contributed by atoms with E-state index in [4.69, 9.17) is 14.2 Å². The SMILES string of the molecule is CCOc1ccc(OCCNS(=O)(=O)c2cc(C)c(OC)c(C)c2C)cc1. The monoisotopic (exact) mass is 393 g/mol. The van der Waals surface area contributed by atoms with Crippen molar-refractivity contribution in [1.29, 1.82) is 0 Å². The molecule has 0 heterocycles. The summed E-state index contributed by atoms with van der Waals surface area (Å²) in [6.07, 6.45) is 0. The number of hydrogen-bond acceptors (Lipinski definition) is 5. The van der Waals surface area contributed by atoms with Gasteiger partial charge in [0.2, 0.25) is 10.0 Å². The van der Waals surface area contributed by atoms with Crippen LogP contribution in [0.25, 0.3) is 0 Å². The molecule has 148 valence electrons. The Bertz CT molecular complexity index is 876. The number of aryl methyl sites for hydroxylation is 1. The zero-order valence-corrected chi connectivity index (χ0v) is 17.3. The van der Waals surface area contributed by atoms with Crippen LogP contribution in [0.4, 0.5) is 0 Å². The van der Waals surface area contributed by atoms with E-state index in [-0.39, 0.29) is 18.0 Å². The van der Waals surface area contributed by atoms with Crippen LogP contribution in [0.2, 0.25) is 0 Å². The lowest BCUT2D eigenvalue weighted by molar-refractivity contribution is 0.319. The van der Waals surface area contributed by atoms with Crippen molar-refractivity contribution < 1.29 is 22.6 Å². The standard InChI is InChI=1S/C20H27NO5S/c1-6-25-17-7-9-18(10-8-17)26-12-11-21-27(22,23)19-13-14(2)20(24-5)16(4)15(19)3/h7-10,13,21H,6,11-12H2,1-5H3. The Morgan fingerprint density at radius 3 is 2.11 bits per heavy atom. The first kappa shape index (κ1) is 21.1. The molecule has 0 unspecified atom stereocenters. The highest BCUT2D eigenvalue weighted by molar-refractivity contribution is 7.89. The van der Waals surface area contributed by atoms with Gasteiger partial charge in [-0.25, -0.2) is 13.1 Å². The number of benzene rings is 2. The van der Waals surface area contributed by atoms with Crippen molar-refractivity contribution in [3.05, 3.63) is 47.0 Å². The minimum atomic E-state index is -3.63. The molecule has 0 amide bonds. The molecule has 0 radical (unpaired) electrons. The van der Waals surface area contributed by atoms with Crippen LogP contribution in [0, 0.1) is 20.8 Å². The fourth-order valence-electron chi connectivity index (χ4n) is 2.84. The van der Waals surface area contributed by atoms with E-state index >= 15 is 0 Å². The molecule has 0 saturated carbocycles. The summed E-state index contributed by atoms with van der Waals surface area (Å²) in [5.41, 5.74) is 2.28. The zero-order chi connectivity index (χ0) is 20.0. The van der Waals surface area contributed by atoms with Crippen LogP contribution in [-0.4, -0.2) is 35.3 Å². The quantitative estimate of drug-likeness (QED) is 0.661. The summed E-state index contributed by atoms with van der Waals surface area (Å²) in [6.45, 7) is 8.38. The molecule has 2 aromatic rings. The van der Waals surface area contributed by atoms with Gasteiger partial charge in [-0.3, -0.25) is 0 Å². The first-order chi connectivity index (χ1) is 12.8. The van der Waals surface area contributed by atoms with Crippen LogP contribution in [0.1, 0.15) is 23.6 Å². The molecule has 0 atom stereocenters. The number of nitrogens with one attached hydrogen (secondary N) is 1. The van der Waals surface area contributed by atoms with Gasteiger partial charge in [0, 0.05) is 6.54 Å². The third-order valence-electron chi connectivity index (χ3n) is 4.27. The fraction of sp³-hybridized carbons (Fsp3) is 0.400. The Morgan fingerprint density at radius 2 is 1.56 bits per heavy atom. The lowest BCUT2D eigenvalue weighted by Crippen LogP contribution is -2.29. The van der Waals surface area contributed by atoms with Crippen LogP contribution in [0.15, 0.2) is 35.2 Å². The van der Waals surface area contributed by atoms with E-state index in [1.54, 1.807) is 32.2 Å². The van der Waals surface area contributed by atoms with Gasteiger partial charge in [0.05, 0.1) is 18.6 Å². The third-order valence-corrected chi connectivity index (χ3v) is 5.86. The molecule has 0 fully saturated rings. The number of sulfonamides is 1. The van der Waals surface area contributed by atoms with E-state index < -0.39 is 10.0 Å². The second kappa shape index (κ2) is 9.10. The largest absolute Gasteiger partial charge is 0.496 e. The van der Waals surface area contributed by atoms with Crippen molar-refractivity contribution in [1.82, 2.24) is 4.72 Å². The summed E-state index contributed by atoms with van der Waals surface area (Å²) < 4.78 is 44.2. The molecular weight excluding hydrogens is 366 g/mol. The maximum Gasteiger partial charge on any atom is 0.240 e. The van der Waals surface area contributed by atoms with E-state index in [1.165, 1.54) is 0 Å². The first-order valence-electron chi connectivity index (χ1n) is 8.80. The molecule has 2 rings (SSSR count). The van der Waals surface area contributed by atoms with Crippen molar-refractivity contribution in [2.24, 2.45) is 0 Å². The smallest absolute Gasteiger partial charge is 0.240 e. The van der Waals surface area contributed by atoms with Gasteiger partial charge in [-0.15, -0.1) is 0 Å². The van der Waals surface area contributed by atoms with Gasteiger partial charge in [0.25, 0.3) is 0 Å². The van der Waals surface area contributed by atoms with Crippen molar-refractivity contribution in [3.63, 3.8) is 0 Å². The minimum Gasteiger partial charge on any atom is -0.496 e. The van der Waals surface area contributed by atoms with Crippen LogP contribution < -0.4 is 18.9 Å². The normalized spacial score (nSPS) is 11.3. The average Bonchev–Trinajstić information content (AvgIpc) is 2.64. The van der Waals surface area contributed by atoms with Crippen molar-refractivity contribution in [2.75, 3.05) is 26.9 Å². The topological polar surface area (TPSA) is 73.9 Å². The number of ether oxygens (including phenoxy) is 3. The Kier molecular flexibility index (Phi) is 7.10. The lowest BCUT2D eigenvalue weighted by Gasteiger charge is -2.16. The van der Waals surface area contributed by atoms with Crippen molar-refractivity contribution in [3.8, 4) is 17.2 Å². The molecule has 0 aliphatic carbocycles. The van der Waals surface area contributed by atoms with Crippen molar-refractivity contribution >= 4 is 10.0 Å². The predicted octanol–water partition coefficient (Wildman–Crippen LogP) is 3.38. The highest BCUT2D eigenvalue weighted by Gasteiger charge is 2.21. The lowest BCUT2D eigenvalue weighted by atomic mass is 10.1. The van der Waals surface area contributed by atoms with Crippen LogP contribution >= 0.6 is 0 Å². The van der Waals surface area contributed by atoms with E-state index in [0.717, 1.165) is 16.9 Å². The number of hydrogen-bond donors (Lipinski definition) is 1. The maximum atomic E-state index is 12.7. The highest BCUT2D eigenvalue weighted by atomic mass is 32.2. The third kappa shape index (κ3) is 5.14. The first-order valence-corrected chi connectivity index (χ1v) is 10.3. The molecule has 0 saturated heterocycles. The van der Waals surface area contributed by atoms with Crippen molar-refractivity contribution in [2.45, 2.75) is 32.6 Å². The van der Waals surface area contributed by atoms with Gasteiger partial charge in [0.1, 0.15) is 23.9 Å². The van der Waals surface area contributed by atoms with Gasteiger partial charge < -0.3 is 14.2 Å². The van der Waals surface area contributed by atoms with E-state index in [2.05, 4.69) is 4.72 Å². The van der Waals surface area contributed by atoms with Crippen LogP contribution in [-0.2, 0) is 10.0 Å². The summed E-state index contributed by atoms with van der Waals surface area (Å²) in [4.78, 5) is 0.263. The second-order valence-corrected chi connectivity index (χ2v) is 7.86. The Labute approximate surface area is 161 Å². The van der Waals surface area contributed by atoms with Gasteiger partial charge in [0.15, 0.2) is 0 Å². The summed E-state index contributed by atoms with van der Waals surface area (Å²) in [5.74, 6) is 2.14. The molecule has 27 heavy (non-hydrogen) atoms. The highest BCUT2D eigenvalue weighted by Crippen LogP contribution is 2.30. The molecule has 0 aromatic heterocycles. The zero-order valence-electron chi connectivity index (χ0n) is 16.5. The van der Waals surface area contributed by atoms with E-state index in [9.17, 15) is 8.42 Å². The molecule has 6 nitrogen and oxygen atoms in total. The van der Waals surface area contributed by atoms with E-state index in [1.807, 2.05) is 32.9 Å². The maximum absolute atomic E-state index is 12.7. The molecule has 2 aromatic carbocycles. The van der Waals surface area contributed by atoms with Gasteiger partial charge in [-0.2, -0.15) is 0 Å². The molecular formula is C20H27NO5S. The van der Waals surface area contributed by atoms with Gasteiger partial charge in [-0.05, 0) is 74.7 Å². The fourth-order valence-corrected chi connectivity index (χ4v) is 4.23.